The van der Waals surface area contributed by atoms with Gasteiger partial charge in [-0.2, -0.15) is 0 Å². The molecule has 28 heavy (non-hydrogen) atoms. The summed E-state index contributed by atoms with van der Waals surface area (Å²) in [7, 11) is 2.92. The van der Waals surface area contributed by atoms with Crippen molar-refractivity contribution in [2.75, 3.05) is 14.2 Å². The Morgan fingerprint density at radius 2 is 1.89 bits per heavy atom. The number of carbonyl (C=O) groups excluding carboxylic acids is 1. The molecule has 1 amide bonds. The molecule has 0 aliphatic carbocycles. The predicted octanol–water partition coefficient (Wildman–Crippen LogP) is 4.34. The van der Waals surface area contributed by atoms with Crippen LogP contribution in [0.3, 0.4) is 0 Å². The van der Waals surface area contributed by atoms with Gasteiger partial charge >= 0.3 is 0 Å². The van der Waals surface area contributed by atoms with E-state index in [9.17, 15) is 4.79 Å². The van der Waals surface area contributed by atoms with Crippen molar-refractivity contribution in [3.8, 4) is 0 Å². The molecule has 2 aromatic rings. The van der Waals surface area contributed by atoms with E-state index in [2.05, 4.69) is 15.6 Å². The van der Waals surface area contributed by atoms with Gasteiger partial charge in [0.1, 0.15) is 13.7 Å². The van der Waals surface area contributed by atoms with Gasteiger partial charge in [-0.05, 0) is 37.6 Å². The van der Waals surface area contributed by atoms with Crippen molar-refractivity contribution in [1.82, 2.24) is 5.32 Å². The van der Waals surface area contributed by atoms with Crippen LogP contribution in [0.5, 0.6) is 0 Å². The topological polar surface area (TPSA) is 72.3 Å². The van der Waals surface area contributed by atoms with Gasteiger partial charge in [0, 0.05) is 33.8 Å². The lowest BCUT2D eigenvalue weighted by molar-refractivity contribution is -0.114. The molecule has 0 radical (unpaired) electrons. The number of hydrogen-bond acceptors (Lipinski definition) is 5. The third-order valence-electron chi connectivity index (χ3n) is 4.02. The number of nitrogens with zero attached hydrogens (tertiary/aromatic N) is 2. The zero-order valence-electron chi connectivity index (χ0n) is 16.0. The highest BCUT2D eigenvalue weighted by Crippen LogP contribution is 2.22. The molecule has 0 bridgehead atoms. The number of hydrogen-bond donors (Lipinski definition) is 1. The second kappa shape index (κ2) is 10.1. The van der Waals surface area contributed by atoms with Crippen molar-refractivity contribution in [2.45, 2.75) is 20.5 Å². The minimum absolute atomic E-state index is 0.136. The third kappa shape index (κ3) is 5.24. The molecule has 0 aliphatic rings. The number of benzene rings is 2. The van der Waals surface area contributed by atoms with Gasteiger partial charge in [-0.3, -0.25) is 4.79 Å². The normalized spacial score (nSPS) is 11.9. The summed E-state index contributed by atoms with van der Waals surface area (Å²) in [6, 6.07) is 10.7. The van der Waals surface area contributed by atoms with Crippen LogP contribution in [-0.4, -0.2) is 31.5 Å². The molecule has 0 aliphatic heterocycles. The Hall–Kier alpha value is -2.57. The molecular formula is C20H21Cl2N3O3. The van der Waals surface area contributed by atoms with Gasteiger partial charge in [-0.1, -0.05) is 51.7 Å². The maximum atomic E-state index is 12.2. The first kappa shape index (κ1) is 21.7. The molecule has 0 heterocycles. The summed E-state index contributed by atoms with van der Waals surface area (Å²) in [5, 5.41) is 11.6. The number of nitrogens with one attached hydrogen (secondary N) is 1. The molecule has 0 fully saturated rings. The molecule has 0 saturated carbocycles. The average Bonchev–Trinajstić information content (AvgIpc) is 2.68. The number of carbonyl (C=O) groups is 1. The molecular weight excluding hydrogens is 401 g/mol. The van der Waals surface area contributed by atoms with Gasteiger partial charge in [-0.15, -0.1) is 0 Å². The van der Waals surface area contributed by atoms with E-state index < -0.39 is 0 Å². The third-order valence-corrected chi connectivity index (χ3v) is 4.58. The maximum absolute atomic E-state index is 12.2. The van der Waals surface area contributed by atoms with Crippen LogP contribution < -0.4 is 5.32 Å². The van der Waals surface area contributed by atoms with Gasteiger partial charge in [0.25, 0.3) is 5.91 Å². The van der Waals surface area contributed by atoms with E-state index in [1.807, 2.05) is 19.1 Å². The SMILES string of the molecule is CNC(=O)/C(=N/OC)c1cccc(C)c1CO/N=C(\C)c1cc(Cl)ccc1Cl. The van der Waals surface area contributed by atoms with Crippen molar-refractivity contribution in [3.63, 3.8) is 0 Å². The lowest BCUT2D eigenvalue weighted by Crippen LogP contribution is -2.29. The first-order valence-corrected chi connectivity index (χ1v) is 9.18. The van der Waals surface area contributed by atoms with Crippen LogP contribution >= 0.6 is 23.2 Å². The van der Waals surface area contributed by atoms with Gasteiger partial charge in [0.2, 0.25) is 0 Å². The largest absolute Gasteiger partial charge is 0.398 e. The molecule has 2 rings (SSSR count). The number of aryl methyl sites for hydroxylation is 1. The van der Waals surface area contributed by atoms with E-state index in [1.54, 1.807) is 31.2 Å². The number of oxime groups is 2. The van der Waals surface area contributed by atoms with Crippen LogP contribution in [0.15, 0.2) is 46.7 Å². The van der Waals surface area contributed by atoms with Crippen LogP contribution in [0, 0.1) is 6.92 Å². The second-order valence-electron chi connectivity index (χ2n) is 5.88. The summed E-state index contributed by atoms with van der Waals surface area (Å²) in [5.41, 5.74) is 3.74. The highest BCUT2D eigenvalue weighted by Gasteiger charge is 2.19. The summed E-state index contributed by atoms with van der Waals surface area (Å²) in [5.74, 6) is -0.362. The molecule has 0 unspecified atom stereocenters. The lowest BCUT2D eigenvalue weighted by Gasteiger charge is -2.13. The Morgan fingerprint density at radius 1 is 1.14 bits per heavy atom. The Balaban J connectivity index is 2.31. The molecule has 0 atom stereocenters. The number of halogens is 2. The summed E-state index contributed by atoms with van der Waals surface area (Å²) in [6.45, 7) is 3.83. The minimum Gasteiger partial charge on any atom is -0.398 e. The van der Waals surface area contributed by atoms with Crippen molar-refractivity contribution in [1.29, 1.82) is 0 Å². The Kier molecular flexibility index (Phi) is 7.84. The monoisotopic (exact) mass is 421 g/mol. The van der Waals surface area contributed by atoms with Crippen molar-refractivity contribution < 1.29 is 14.5 Å². The van der Waals surface area contributed by atoms with Crippen LogP contribution in [-0.2, 0) is 21.1 Å². The fourth-order valence-corrected chi connectivity index (χ4v) is 2.98. The Bertz CT molecular complexity index is 927. The standard InChI is InChI=1S/C20H21Cl2N3O3/c1-12-6-5-7-15(19(25-27-4)20(26)23-3)17(12)11-28-24-13(2)16-10-14(21)8-9-18(16)22/h5-10H,11H2,1-4H3,(H,23,26)/b24-13+,25-19+. The first-order chi connectivity index (χ1) is 13.4. The Morgan fingerprint density at radius 3 is 2.57 bits per heavy atom. The van der Waals surface area contributed by atoms with Gasteiger partial charge in [0.05, 0.1) is 5.71 Å². The van der Waals surface area contributed by atoms with Crippen LogP contribution in [0.1, 0.15) is 29.2 Å². The average molecular weight is 422 g/mol. The second-order valence-corrected chi connectivity index (χ2v) is 6.72. The maximum Gasteiger partial charge on any atom is 0.273 e. The minimum atomic E-state index is -0.362. The molecule has 148 valence electrons. The Labute approximate surface area is 174 Å². The zero-order valence-corrected chi connectivity index (χ0v) is 17.6. The summed E-state index contributed by atoms with van der Waals surface area (Å²) < 4.78 is 0. The molecule has 2 aromatic carbocycles. The van der Waals surface area contributed by atoms with E-state index >= 15 is 0 Å². The van der Waals surface area contributed by atoms with Crippen molar-refractivity contribution >= 4 is 40.5 Å². The van der Waals surface area contributed by atoms with Gasteiger partial charge in [-0.25, -0.2) is 0 Å². The summed E-state index contributed by atoms with van der Waals surface area (Å²) >= 11 is 12.2. The van der Waals surface area contributed by atoms with Crippen molar-refractivity contribution in [3.05, 3.63) is 68.7 Å². The van der Waals surface area contributed by atoms with Crippen LogP contribution in [0.2, 0.25) is 10.0 Å². The smallest absolute Gasteiger partial charge is 0.273 e. The van der Waals surface area contributed by atoms with E-state index in [0.717, 1.165) is 11.1 Å². The number of likely N-dealkylation sites (N-methyl/N-ethyl adjacent to an activating group) is 1. The highest BCUT2D eigenvalue weighted by atomic mass is 35.5. The predicted molar refractivity (Wildman–Crippen MR) is 112 cm³/mol. The van der Waals surface area contributed by atoms with Gasteiger partial charge in [0.15, 0.2) is 5.71 Å². The van der Waals surface area contributed by atoms with Crippen LogP contribution in [0.4, 0.5) is 0 Å². The first-order valence-electron chi connectivity index (χ1n) is 8.43. The fourth-order valence-electron chi connectivity index (χ4n) is 2.56. The van der Waals surface area contributed by atoms with E-state index in [4.69, 9.17) is 32.9 Å². The van der Waals surface area contributed by atoms with E-state index in [1.165, 1.54) is 14.2 Å². The molecule has 1 N–H and O–H groups in total. The summed E-state index contributed by atoms with van der Waals surface area (Å²) in [4.78, 5) is 22.6. The van der Waals surface area contributed by atoms with Crippen molar-refractivity contribution in [2.24, 2.45) is 10.3 Å². The fraction of sp³-hybridized carbons (Fsp3) is 0.250. The molecule has 0 saturated heterocycles. The van der Waals surface area contributed by atoms with Crippen LogP contribution in [0.25, 0.3) is 0 Å². The lowest BCUT2D eigenvalue weighted by atomic mass is 9.98. The van der Waals surface area contributed by atoms with E-state index in [-0.39, 0.29) is 18.2 Å². The number of rotatable bonds is 7. The molecule has 0 aromatic heterocycles. The highest BCUT2D eigenvalue weighted by molar-refractivity contribution is 6.45. The molecule has 6 nitrogen and oxygen atoms in total. The van der Waals surface area contributed by atoms with E-state index in [0.29, 0.717) is 26.9 Å². The molecule has 8 heteroatoms. The number of amides is 1. The quantitative estimate of drug-likeness (QED) is 0.533. The van der Waals surface area contributed by atoms with Gasteiger partial charge < -0.3 is 15.0 Å². The molecule has 0 spiro atoms. The zero-order chi connectivity index (χ0) is 20.7. The summed E-state index contributed by atoms with van der Waals surface area (Å²) in [6.07, 6.45) is 0.